The van der Waals surface area contributed by atoms with Crippen LogP contribution in [0.2, 0.25) is 0 Å². The SMILES string of the molecule is CC(C)(C)CN(CC(O)c1ccccc1)C(=O)OC(C)(C)C. The van der Waals surface area contributed by atoms with Gasteiger partial charge in [-0.3, -0.25) is 0 Å². The standard InChI is InChI=1S/C18H29NO3/c1-17(2,3)13-19(16(21)22-18(4,5)6)12-15(20)14-10-8-7-9-11-14/h7-11,15,20H,12-13H2,1-6H3. The molecule has 1 aromatic rings. The fraction of sp³-hybridized carbons (Fsp3) is 0.611. The van der Waals surface area contributed by atoms with Crippen LogP contribution in [0.25, 0.3) is 0 Å². The quantitative estimate of drug-likeness (QED) is 0.914. The molecule has 1 atom stereocenters. The van der Waals surface area contributed by atoms with Gasteiger partial charge in [0.15, 0.2) is 0 Å². The van der Waals surface area contributed by atoms with E-state index in [9.17, 15) is 9.90 Å². The van der Waals surface area contributed by atoms with E-state index in [-0.39, 0.29) is 12.0 Å². The molecule has 0 aliphatic rings. The summed E-state index contributed by atoms with van der Waals surface area (Å²) in [7, 11) is 0. The molecule has 1 aromatic carbocycles. The van der Waals surface area contributed by atoms with E-state index in [1.165, 1.54) is 0 Å². The summed E-state index contributed by atoms with van der Waals surface area (Å²) in [4.78, 5) is 14.0. The van der Waals surface area contributed by atoms with Crippen LogP contribution in [0.1, 0.15) is 53.2 Å². The summed E-state index contributed by atoms with van der Waals surface area (Å²) < 4.78 is 5.46. The van der Waals surface area contributed by atoms with Gasteiger partial charge in [0.2, 0.25) is 0 Å². The zero-order valence-electron chi connectivity index (χ0n) is 14.6. The summed E-state index contributed by atoms with van der Waals surface area (Å²) in [5.74, 6) is 0. The highest BCUT2D eigenvalue weighted by Crippen LogP contribution is 2.21. The highest BCUT2D eigenvalue weighted by molar-refractivity contribution is 5.68. The van der Waals surface area contributed by atoms with Gasteiger partial charge < -0.3 is 14.7 Å². The predicted octanol–water partition coefficient (Wildman–Crippen LogP) is 4.00. The Morgan fingerprint density at radius 3 is 2.14 bits per heavy atom. The maximum absolute atomic E-state index is 12.4. The molecule has 124 valence electrons. The number of rotatable bonds is 4. The molecule has 0 fully saturated rings. The molecule has 4 nitrogen and oxygen atoms in total. The third-order valence-corrected chi connectivity index (χ3v) is 2.89. The van der Waals surface area contributed by atoms with E-state index in [4.69, 9.17) is 4.74 Å². The Kier molecular flexibility index (Phi) is 6.00. The van der Waals surface area contributed by atoms with Crippen molar-refractivity contribution < 1.29 is 14.6 Å². The van der Waals surface area contributed by atoms with Crippen molar-refractivity contribution in [2.75, 3.05) is 13.1 Å². The van der Waals surface area contributed by atoms with Crippen molar-refractivity contribution in [2.24, 2.45) is 5.41 Å². The Morgan fingerprint density at radius 1 is 1.14 bits per heavy atom. The van der Waals surface area contributed by atoms with Crippen LogP contribution in [0.5, 0.6) is 0 Å². The number of carbonyl (C=O) groups is 1. The topological polar surface area (TPSA) is 49.8 Å². The van der Waals surface area contributed by atoms with Gasteiger partial charge in [0.05, 0.1) is 12.6 Å². The molecule has 0 aromatic heterocycles. The number of hydrogen-bond acceptors (Lipinski definition) is 3. The molecule has 0 aliphatic carbocycles. The molecule has 1 unspecified atom stereocenters. The number of aliphatic hydroxyl groups is 1. The lowest BCUT2D eigenvalue weighted by Crippen LogP contribution is -2.43. The fourth-order valence-corrected chi connectivity index (χ4v) is 2.09. The Hall–Kier alpha value is -1.55. The minimum Gasteiger partial charge on any atom is -0.444 e. The van der Waals surface area contributed by atoms with Gasteiger partial charge in [-0.05, 0) is 31.7 Å². The van der Waals surface area contributed by atoms with Gasteiger partial charge in [0.25, 0.3) is 0 Å². The number of hydrogen-bond donors (Lipinski definition) is 1. The summed E-state index contributed by atoms with van der Waals surface area (Å²) in [6.45, 7) is 12.4. The van der Waals surface area contributed by atoms with Crippen LogP contribution in [0.4, 0.5) is 4.79 Å². The normalized spacial score (nSPS) is 13.6. The minimum absolute atomic E-state index is 0.0761. The lowest BCUT2D eigenvalue weighted by atomic mass is 9.96. The average Bonchev–Trinajstić information content (AvgIpc) is 2.35. The van der Waals surface area contributed by atoms with Crippen molar-refractivity contribution in [3.63, 3.8) is 0 Å². The Labute approximate surface area is 134 Å². The molecule has 0 heterocycles. The van der Waals surface area contributed by atoms with E-state index >= 15 is 0 Å². The summed E-state index contributed by atoms with van der Waals surface area (Å²) in [5.41, 5.74) is 0.170. The minimum atomic E-state index is -0.726. The van der Waals surface area contributed by atoms with Crippen molar-refractivity contribution in [3.8, 4) is 0 Å². The number of aliphatic hydroxyl groups excluding tert-OH is 1. The van der Waals surface area contributed by atoms with Crippen LogP contribution in [-0.4, -0.2) is 34.8 Å². The van der Waals surface area contributed by atoms with Gasteiger partial charge in [0.1, 0.15) is 5.60 Å². The first-order valence-corrected chi connectivity index (χ1v) is 7.69. The molecule has 1 rings (SSSR count). The van der Waals surface area contributed by atoms with Gasteiger partial charge in [0, 0.05) is 6.54 Å². The zero-order chi connectivity index (χ0) is 17.0. The summed E-state index contributed by atoms with van der Waals surface area (Å²) in [6, 6.07) is 9.36. The number of nitrogens with zero attached hydrogens (tertiary/aromatic N) is 1. The third-order valence-electron chi connectivity index (χ3n) is 2.89. The van der Waals surface area contributed by atoms with E-state index in [2.05, 4.69) is 20.8 Å². The molecule has 0 saturated heterocycles. The Morgan fingerprint density at radius 2 is 1.68 bits per heavy atom. The van der Waals surface area contributed by atoms with Crippen LogP contribution < -0.4 is 0 Å². The highest BCUT2D eigenvalue weighted by atomic mass is 16.6. The highest BCUT2D eigenvalue weighted by Gasteiger charge is 2.27. The average molecular weight is 307 g/mol. The maximum atomic E-state index is 12.4. The zero-order valence-corrected chi connectivity index (χ0v) is 14.6. The van der Waals surface area contributed by atoms with Crippen LogP contribution in [-0.2, 0) is 4.74 Å². The molecule has 1 amide bonds. The van der Waals surface area contributed by atoms with Crippen LogP contribution in [0.15, 0.2) is 30.3 Å². The van der Waals surface area contributed by atoms with Crippen molar-refractivity contribution in [2.45, 2.75) is 53.2 Å². The lowest BCUT2D eigenvalue weighted by molar-refractivity contribution is 0.00720. The lowest BCUT2D eigenvalue weighted by Gasteiger charge is -2.33. The Balaban J connectivity index is 2.84. The molecular weight excluding hydrogens is 278 g/mol. The van der Waals surface area contributed by atoms with E-state index in [0.717, 1.165) is 5.56 Å². The van der Waals surface area contributed by atoms with E-state index in [1.54, 1.807) is 4.90 Å². The van der Waals surface area contributed by atoms with Gasteiger partial charge in [-0.15, -0.1) is 0 Å². The summed E-state index contributed by atoms with van der Waals surface area (Å²) in [5, 5.41) is 10.4. The van der Waals surface area contributed by atoms with Gasteiger partial charge >= 0.3 is 6.09 Å². The predicted molar refractivity (Wildman–Crippen MR) is 88.7 cm³/mol. The molecule has 0 saturated carbocycles. The molecule has 0 aliphatic heterocycles. The van der Waals surface area contributed by atoms with Gasteiger partial charge in [-0.2, -0.15) is 0 Å². The number of benzene rings is 1. The van der Waals surface area contributed by atoms with Gasteiger partial charge in [-0.25, -0.2) is 4.79 Å². The van der Waals surface area contributed by atoms with Crippen LogP contribution in [0, 0.1) is 5.41 Å². The second-order valence-corrected chi connectivity index (χ2v) is 7.85. The first-order chi connectivity index (χ1) is 9.98. The number of carbonyl (C=O) groups excluding carboxylic acids is 1. The van der Waals surface area contributed by atoms with Crippen molar-refractivity contribution in [3.05, 3.63) is 35.9 Å². The fourth-order valence-electron chi connectivity index (χ4n) is 2.09. The summed E-state index contributed by atoms with van der Waals surface area (Å²) >= 11 is 0. The molecule has 1 N–H and O–H groups in total. The number of ether oxygens (including phenoxy) is 1. The first kappa shape index (κ1) is 18.5. The number of amides is 1. The second-order valence-electron chi connectivity index (χ2n) is 7.85. The van der Waals surface area contributed by atoms with Crippen LogP contribution in [0.3, 0.4) is 0 Å². The van der Waals surface area contributed by atoms with E-state index in [0.29, 0.717) is 6.54 Å². The van der Waals surface area contributed by atoms with E-state index in [1.807, 2.05) is 51.1 Å². The first-order valence-electron chi connectivity index (χ1n) is 7.69. The van der Waals surface area contributed by atoms with E-state index < -0.39 is 17.8 Å². The molecule has 0 spiro atoms. The third kappa shape index (κ3) is 6.94. The monoisotopic (exact) mass is 307 g/mol. The second kappa shape index (κ2) is 7.14. The molecule has 22 heavy (non-hydrogen) atoms. The smallest absolute Gasteiger partial charge is 0.410 e. The Bertz CT molecular complexity index is 471. The van der Waals surface area contributed by atoms with Crippen molar-refractivity contribution in [1.29, 1.82) is 0 Å². The van der Waals surface area contributed by atoms with Gasteiger partial charge in [-0.1, -0.05) is 51.1 Å². The largest absolute Gasteiger partial charge is 0.444 e. The maximum Gasteiger partial charge on any atom is 0.410 e. The van der Waals surface area contributed by atoms with Crippen molar-refractivity contribution in [1.82, 2.24) is 4.90 Å². The molecule has 0 radical (unpaired) electrons. The summed E-state index contributed by atoms with van der Waals surface area (Å²) in [6.07, 6.45) is -1.12. The molecular formula is C18H29NO3. The molecule has 4 heteroatoms. The van der Waals surface area contributed by atoms with Crippen LogP contribution >= 0.6 is 0 Å². The molecule has 0 bridgehead atoms. The van der Waals surface area contributed by atoms with Crippen molar-refractivity contribution >= 4 is 6.09 Å².